The van der Waals surface area contributed by atoms with E-state index < -0.39 is 17.7 Å². The van der Waals surface area contributed by atoms with Crippen molar-refractivity contribution in [1.82, 2.24) is 0 Å². The van der Waals surface area contributed by atoms with Crippen molar-refractivity contribution in [3.8, 4) is 11.5 Å². The highest BCUT2D eigenvalue weighted by Crippen LogP contribution is 2.63. The van der Waals surface area contributed by atoms with Crippen LogP contribution in [0.15, 0.2) is 18.2 Å². The number of fused-ring (bicyclic) bond motifs is 2. The van der Waals surface area contributed by atoms with E-state index in [2.05, 4.69) is 13.8 Å². The lowest BCUT2D eigenvalue weighted by Gasteiger charge is -2.44. The lowest BCUT2D eigenvalue weighted by atomic mass is 9.67. The maximum Gasteiger partial charge on any atom is 0.338 e. The number of phenolic OH excluding ortho intramolecular Hbond substituents is 1. The first-order valence-electron chi connectivity index (χ1n) is 10.5. The van der Waals surface area contributed by atoms with Gasteiger partial charge in [-0.15, -0.1) is 0 Å². The molecule has 1 aliphatic heterocycles. The number of benzene rings is 1. The number of ether oxygens (including phenoxy) is 3. The molecule has 3 aliphatic rings. The van der Waals surface area contributed by atoms with E-state index in [1.54, 1.807) is 0 Å². The summed E-state index contributed by atoms with van der Waals surface area (Å²) in [6.45, 7) is 8.36. The van der Waals surface area contributed by atoms with E-state index >= 15 is 0 Å². The molecule has 2 N–H and O–H groups in total. The van der Waals surface area contributed by atoms with Crippen molar-refractivity contribution in [1.29, 1.82) is 0 Å². The minimum atomic E-state index is -0.876. The van der Waals surface area contributed by atoms with Gasteiger partial charge in [-0.3, -0.25) is 0 Å². The number of hydrogen-bond donors (Lipinski definition) is 2. The summed E-state index contributed by atoms with van der Waals surface area (Å²) in [5, 5.41) is 21.4. The van der Waals surface area contributed by atoms with Crippen LogP contribution in [0.3, 0.4) is 0 Å². The molecule has 160 valence electrons. The van der Waals surface area contributed by atoms with Crippen LogP contribution in [0.5, 0.6) is 11.5 Å². The molecule has 29 heavy (non-hydrogen) atoms. The lowest BCUT2D eigenvalue weighted by Crippen LogP contribution is -2.50. The van der Waals surface area contributed by atoms with Gasteiger partial charge >= 0.3 is 5.97 Å². The summed E-state index contributed by atoms with van der Waals surface area (Å²) >= 11 is 0. The number of rotatable bonds is 4. The van der Waals surface area contributed by atoms with Crippen LogP contribution < -0.4 is 4.74 Å². The zero-order valence-electron chi connectivity index (χ0n) is 17.9. The first-order valence-corrected chi connectivity index (χ1v) is 10.5. The minimum Gasteiger partial charge on any atom is -0.504 e. The van der Waals surface area contributed by atoms with E-state index in [-0.39, 0.29) is 40.5 Å². The maximum atomic E-state index is 13.0. The predicted molar refractivity (Wildman–Crippen MR) is 107 cm³/mol. The molecule has 0 aromatic heterocycles. The van der Waals surface area contributed by atoms with Gasteiger partial charge in [0.1, 0.15) is 6.10 Å². The summed E-state index contributed by atoms with van der Waals surface area (Å²) in [6, 6.07) is 4.43. The van der Waals surface area contributed by atoms with E-state index in [1.165, 1.54) is 25.3 Å². The number of carbonyl (C=O) groups excluding carboxylic acids is 1. The predicted octanol–water partition coefficient (Wildman–Crippen LogP) is 3.68. The number of esters is 1. The van der Waals surface area contributed by atoms with Crippen LogP contribution in [0, 0.1) is 17.3 Å². The van der Waals surface area contributed by atoms with E-state index in [4.69, 9.17) is 14.2 Å². The Morgan fingerprint density at radius 2 is 1.97 bits per heavy atom. The molecule has 1 aromatic rings. The van der Waals surface area contributed by atoms with Crippen molar-refractivity contribution in [2.45, 2.75) is 76.8 Å². The van der Waals surface area contributed by atoms with Crippen molar-refractivity contribution in [3.05, 3.63) is 23.8 Å². The molecule has 6 atom stereocenters. The SMILES string of the molecule is COc1cc(C(=O)O[C@H]2C[C@@]3(C)O[C@H]3C[C@@]3(C)CC[C@@](O)(C(C)C)C23)ccc1O. The number of carbonyl (C=O) groups is 1. The number of methoxy groups -OCH3 is 1. The molecule has 1 unspecified atom stereocenters. The summed E-state index contributed by atoms with van der Waals surface area (Å²) in [6.07, 6.45) is 2.76. The summed E-state index contributed by atoms with van der Waals surface area (Å²) in [4.78, 5) is 13.0. The first-order chi connectivity index (χ1) is 13.5. The molecule has 1 saturated heterocycles. The van der Waals surface area contributed by atoms with Gasteiger partial charge in [0, 0.05) is 12.3 Å². The molecule has 6 nitrogen and oxygen atoms in total. The zero-order valence-corrected chi connectivity index (χ0v) is 17.9. The lowest BCUT2D eigenvalue weighted by molar-refractivity contribution is -0.120. The molecule has 2 aliphatic carbocycles. The molecule has 3 fully saturated rings. The average molecular weight is 405 g/mol. The highest BCUT2D eigenvalue weighted by molar-refractivity contribution is 5.90. The van der Waals surface area contributed by atoms with Crippen LogP contribution in [-0.2, 0) is 9.47 Å². The monoisotopic (exact) mass is 404 g/mol. The molecule has 1 aromatic carbocycles. The molecule has 2 saturated carbocycles. The standard InChI is InChI=1S/C23H32O6/c1-13(2)23(26)9-8-21(3)12-18-22(4,29-18)11-17(19(21)23)28-20(25)14-6-7-15(24)16(10-14)27-5/h6-7,10,13,17-19,24,26H,8-9,11-12H2,1-5H3/t17-,18-,19?,21+,22+,23+/m0/s1. The largest absolute Gasteiger partial charge is 0.504 e. The van der Waals surface area contributed by atoms with Gasteiger partial charge in [0.25, 0.3) is 0 Å². The second kappa shape index (κ2) is 6.61. The van der Waals surface area contributed by atoms with Gasteiger partial charge in [-0.25, -0.2) is 4.79 Å². The second-order valence-corrected chi connectivity index (χ2v) is 9.94. The Bertz CT molecular complexity index is 822. The fraction of sp³-hybridized carbons (Fsp3) is 0.696. The highest BCUT2D eigenvalue weighted by Gasteiger charge is 2.68. The molecule has 4 rings (SSSR count). The Balaban J connectivity index is 1.67. The van der Waals surface area contributed by atoms with E-state index in [0.717, 1.165) is 12.8 Å². The van der Waals surface area contributed by atoms with Gasteiger partial charge in [-0.1, -0.05) is 20.8 Å². The number of hydrogen-bond acceptors (Lipinski definition) is 6. The number of epoxide rings is 1. The smallest absolute Gasteiger partial charge is 0.338 e. The molecule has 0 spiro atoms. The fourth-order valence-electron chi connectivity index (χ4n) is 5.84. The Hall–Kier alpha value is -1.79. The highest BCUT2D eigenvalue weighted by atomic mass is 16.6. The number of phenols is 1. The Kier molecular flexibility index (Phi) is 4.67. The molecular formula is C23H32O6. The summed E-state index contributed by atoms with van der Waals surface area (Å²) in [5.74, 6) is -0.366. The van der Waals surface area contributed by atoms with Crippen molar-refractivity contribution < 1.29 is 29.2 Å². The van der Waals surface area contributed by atoms with Gasteiger partial charge in [-0.05, 0) is 55.7 Å². The summed E-state index contributed by atoms with van der Waals surface area (Å²) in [5.41, 5.74) is -1.01. The topological polar surface area (TPSA) is 88.5 Å². The van der Waals surface area contributed by atoms with E-state index in [1.807, 2.05) is 13.8 Å². The van der Waals surface area contributed by atoms with Crippen LogP contribution in [0.1, 0.15) is 63.7 Å². The van der Waals surface area contributed by atoms with Crippen molar-refractivity contribution >= 4 is 5.97 Å². The molecule has 0 amide bonds. The normalized spacial score (nSPS) is 40.7. The second-order valence-electron chi connectivity index (χ2n) is 9.94. The third-order valence-electron chi connectivity index (χ3n) is 7.72. The fourth-order valence-corrected chi connectivity index (χ4v) is 5.84. The Morgan fingerprint density at radius 3 is 2.62 bits per heavy atom. The Morgan fingerprint density at radius 1 is 1.24 bits per heavy atom. The average Bonchev–Trinajstić information content (AvgIpc) is 3.19. The number of aliphatic hydroxyl groups is 1. The van der Waals surface area contributed by atoms with Crippen molar-refractivity contribution in [2.75, 3.05) is 7.11 Å². The van der Waals surface area contributed by atoms with Crippen LogP contribution in [0.4, 0.5) is 0 Å². The summed E-state index contributed by atoms with van der Waals surface area (Å²) in [7, 11) is 1.44. The molecule has 6 heteroatoms. The molecule has 0 radical (unpaired) electrons. The van der Waals surface area contributed by atoms with Crippen LogP contribution in [0.25, 0.3) is 0 Å². The third kappa shape index (κ3) is 3.21. The van der Waals surface area contributed by atoms with Crippen molar-refractivity contribution in [3.63, 3.8) is 0 Å². The van der Waals surface area contributed by atoms with Gasteiger partial charge in [-0.2, -0.15) is 0 Å². The third-order valence-corrected chi connectivity index (χ3v) is 7.72. The minimum absolute atomic E-state index is 0.0298. The molecule has 0 bridgehead atoms. The van der Waals surface area contributed by atoms with Crippen LogP contribution >= 0.6 is 0 Å². The van der Waals surface area contributed by atoms with Gasteiger partial charge in [0.05, 0.1) is 30.0 Å². The summed E-state index contributed by atoms with van der Waals surface area (Å²) < 4.78 is 17.2. The Labute approximate surface area is 172 Å². The van der Waals surface area contributed by atoms with Gasteiger partial charge < -0.3 is 24.4 Å². The molecular weight excluding hydrogens is 372 g/mol. The zero-order chi connectivity index (χ0) is 21.2. The van der Waals surface area contributed by atoms with Crippen molar-refractivity contribution in [2.24, 2.45) is 17.3 Å². The van der Waals surface area contributed by atoms with Gasteiger partial charge in [0.2, 0.25) is 0 Å². The number of aromatic hydroxyl groups is 1. The maximum absolute atomic E-state index is 13.0. The van der Waals surface area contributed by atoms with Crippen LogP contribution in [0.2, 0.25) is 0 Å². The van der Waals surface area contributed by atoms with Crippen LogP contribution in [-0.4, -0.2) is 46.7 Å². The molecule has 1 heterocycles. The van der Waals surface area contributed by atoms with Gasteiger partial charge in [0.15, 0.2) is 11.5 Å². The van der Waals surface area contributed by atoms with E-state index in [0.29, 0.717) is 18.4 Å². The van der Waals surface area contributed by atoms with E-state index in [9.17, 15) is 15.0 Å². The quantitative estimate of drug-likeness (QED) is 0.588. The first kappa shape index (κ1) is 20.5.